The molecule has 0 unspecified atom stereocenters. The second-order valence-electron chi connectivity index (χ2n) is 9.09. The van der Waals surface area contributed by atoms with Crippen LogP contribution < -0.4 is 0 Å². The van der Waals surface area contributed by atoms with Gasteiger partial charge in [-0.2, -0.15) is 0 Å². The minimum Gasteiger partial charge on any atom is -0.460 e. The molecule has 2 aliphatic rings. The predicted octanol–water partition coefficient (Wildman–Crippen LogP) is 3.68. The fraction of sp³-hybridized carbons (Fsp3) is 0.900. The van der Waals surface area contributed by atoms with Crippen molar-refractivity contribution in [1.29, 1.82) is 0 Å². The lowest BCUT2D eigenvalue weighted by Crippen LogP contribution is -2.52. The molecule has 0 N–H and O–H groups in total. The fourth-order valence-electron chi connectivity index (χ4n) is 3.81. The Balaban J connectivity index is 1.99. The zero-order chi connectivity index (χ0) is 21.1. The summed E-state index contributed by atoms with van der Waals surface area (Å²) in [4.78, 5) is 28.5. The van der Waals surface area contributed by atoms with Crippen LogP contribution >= 0.6 is 0 Å². The van der Waals surface area contributed by atoms with Crippen molar-refractivity contribution in [2.75, 3.05) is 26.2 Å². The Bertz CT molecular complexity index is 555. The number of carbonyl (C=O) groups excluding carboxylic acids is 2. The minimum absolute atomic E-state index is 0.261. The van der Waals surface area contributed by atoms with Crippen LogP contribution in [0.2, 0.25) is 0 Å². The van der Waals surface area contributed by atoms with Crippen LogP contribution in [0.5, 0.6) is 0 Å². The third kappa shape index (κ3) is 6.29. The topological polar surface area (TPSA) is 59.1 Å². The van der Waals surface area contributed by atoms with Crippen LogP contribution in [-0.2, 0) is 14.3 Å². The average molecular weight is 404 g/mol. The van der Waals surface area contributed by atoms with Crippen molar-refractivity contribution in [3.63, 3.8) is 0 Å². The number of halogens is 2. The first kappa shape index (κ1) is 22.8. The van der Waals surface area contributed by atoms with Crippen molar-refractivity contribution in [3.8, 4) is 0 Å². The van der Waals surface area contributed by atoms with Crippen molar-refractivity contribution < 1.29 is 27.8 Å². The van der Waals surface area contributed by atoms with E-state index < -0.39 is 42.0 Å². The fourth-order valence-corrected chi connectivity index (χ4v) is 3.81. The highest BCUT2D eigenvalue weighted by molar-refractivity contribution is 5.71. The Morgan fingerprint density at radius 3 is 2.29 bits per heavy atom. The van der Waals surface area contributed by atoms with Crippen molar-refractivity contribution in [1.82, 2.24) is 9.80 Å². The van der Waals surface area contributed by atoms with E-state index >= 15 is 0 Å². The van der Waals surface area contributed by atoms with Gasteiger partial charge in [-0.15, -0.1) is 0 Å². The van der Waals surface area contributed by atoms with Crippen molar-refractivity contribution in [2.24, 2.45) is 5.92 Å². The maximum atomic E-state index is 14.5. The zero-order valence-corrected chi connectivity index (χ0v) is 17.7. The van der Waals surface area contributed by atoms with E-state index in [9.17, 15) is 18.4 Å². The van der Waals surface area contributed by atoms with Crippen LogP contribution in [0.15, 0.2) is 0 Å². The van der Waals surface area contributed by atoms with Gasteiger partial charge in [-0.3, -0.25) is 9.69 Å². The normalized spacial score (nSPS) is 26.2. The summed E-state index contributed by atoms with van der Waals surface area (Å²) in [6.07, 6.45) is -1.71. The highest BCUT2D eigenvalue weighted by Crippen LogP contribution is 2.42. The van der Waals surface area contributed by atoms with Crippen LogP contribution in [0.25, 0.3) is 0 Å². The van der Waals surface area contributed by atoms with Gasteiger partial charge in [0.25, 0.3) is 5.92 Å². The second kappa shape index (κ2) is 8.93. The molecule has 1 aliphatic heterocycles. The first-order valence-corrected chi connectivity index (χ1v) is 10.2. The van der Waals surface area contributed by atoms with E-state index in [1.54, 1.807) is 25.7 Å². The molecule has 1 heterocycles. The van der Waals surface area contributed by atoms with Gasteiger partial charge in [0, 0.05) is 38.6 Å². The molecule has 1 amide bonds. The zero-order valence-electron chi connectivity index (χ0n) is 17.7. The van der Waals surface area contributed by atoms with Gasteiger partial charge in [0.15, 0.2) is 0 Å². The van der Waals surface area contributed by atoms with Crippen molar-refractivity contribution in [2.45, 2.75) is 84.0 Å². The number of piperazine rings is 1. The summed E-state index contributed by atoms with van der Waals surface area (Å²) in [7, 11) is 0. The maximum Gasteiger partial charge on any atom is 0.410 e. The number of hydrogen-bond acceptors (Lipinski definition) is 5. The van der Waals surface area contributed by atoms with Gasteiger partial charge < -0.3 is 14.4 Å². The summed E-state index contributed by atoms with van der Waals surface area (Å²) in [6, 6.07) is 0.397. The van der Waals surface area contributed by atoms with Gasteiger partial charge >= 0.3 is 12.1 Å². The summed E-state index contributed by atoms with van der Waals surface area (Å²) >= 11 is 0. The molecule has 1 saturated carbocycles. The number of carbonyl (C=O) groups is 2. The lowest BCUT2D eigenvalue weighted by Gasteiger charge is -2.40. The molecule has 1 saturated heterocycles. The summed E-state index contributed by atoms with van der Waals surface area (Å²) in [5.74, 6) is -5.10. The van der Waals surface area contributed by atoms with Gasteiger partial charge in [-0.05, 0) is 47.5 Å². The predicted molar refractivity (Wildman–Crippen MR) is 101 cm³/mol. The van der Waals surface area contributed by atoms with E-state index in [1.807, 2.05) is 0 Å². The number of alkyl halides is 2. The molecule has 2 atom stereocenters. The summed E-state index contributed by atoms with van der Waals surface area (Å²) in [5, 5.41) is 0. The molecule has 0 radical (unpaired) electrons. The van der Waals surface area contributed by atoms with E-state index in [0.29, 0.717) is 25.6 Å². The number of esters is 1. The standard InChI is InChI=1S/C20H34F2N2O4/c1-14(2)23-9-11-24(12-10-23)18(26)27-16-7-6-8-20(21,22)15(16)13-17(25)28-19(3,4)5/h14-16H,6-13H2,1-5H3/t15-,16+/m1/s1. The first-order valence-electron chi connectivity index (χ1n) is 10.2. The Kier molecular flexibility index (Phi) is 7.28. The van der Waals surface area contributed by atoms with E-state index in [1.165, 1.54) is 0 Å². The first-order chi connectivity index (χ1) is 12.9. The van der Waals surface area contributed by atoms with E-state index in [2.05, 4.69) is 18.7 Å². The van der Waals surface area contributed by atoms with E-state index in [0.717, 1.165) is 13.1 Å². The van der Waals surface area contributed by atoms with E-state index in [-0.39, 0.29) is 12.8 Å². The van der Waals surface area contributed by atoms with Crippen LogP contribution in [0, 0.1) is 5.92 Å². The minimum atomic E-state index is -3.06. The molecule has 2 fully saturated rings. The average Bonchev–Trinajstić information content (AvgIpc) is 2.56. The Morgan fingerprint density at radius 1 is 1.14 bits per heavy atom. The summed E-state index contributed by atoms with van der Waals surface area (Å²) in [5.41, 5.74) is -0.747. The summed E-state index contributed by atoms with van der Waals surface area (Å²) < 4.78 is 39.7. The smallest absolute Gasteiger partial charge is 0.410 e. The lowest BCUT2D eigenvalue weighted by molar-refractivity contribution is -0.172. The van der Waals surface area contributed by atoms with Crippen LogP contribution in [0.1, 0.15) is 60.3 Å². The molecule has 0 aromatic heterocycles. The number of nitrogens with zero attached hydrogens (tertiary/aromatic N) is 2. The van der Waals surface area contributed by atoms with Crippen LogP contribution in [0.4, 0.5) is 13.6 Å². The second-order valence-corrected chi connectivity index (χ2v) is 9.09. The lowest BCUT2D eigenvalue weighted by atomic mass is 9.81. The molecule has 2 rings (SSSR count). The highest BCUT2D eigenvalue weighted by atomic mass is 19.3. The Morgan fingerprint density at radius 2 is 1.75 bits per heavy atom. The molecular formula is C20H34F2N2O4. The Hall–Kier alpha value is -1.44. The van der Waals surface area contributed by atoms with Gasteiger partial charge in [0.05, 0.1) is 12.3 Å². The van der Waals surface area contributed by atoms with Crippen LogP contribution in [0.3, 0.4) is 0 Å². The molecule has 0 aromatic carbocycles. The highest BCUT2D eigenvalue weighted by Gasteiger charge is 2.50. The molecule has 0 spiro atoms. The molecular weight excluding hydrogens is 370 g/mol. The molecule has 6 nitrogen and oxygen atoms in total. The molecule has 8 heteroatoms. The number of amides is 1. The molecule has 1 aliphatic carbocycles. The summed E-state index contributed by atoms with van der Waals surface area (Å²) in [6.45, 7) is 11.8. The van der Waals surface area contributed by atoms with Gasteiger partial charge in [-0.25, -0.2) is 13.6 Å². The quantitative estimate of drug-likeness (QED) is 0.669. The van der Waals surface area contributed by atoms with Crippen molar-refractivity contribution >= 4 is 12.1 Å². The third-order valence-electron chi connectivity index (χ3n) is 5.35. The van der Waals surface area contributed by atoms with E-state index in [4.69, 9.17) is 9.47 Å². The van der Waals surface area contributed by atoms with Gasteiger partial charge in [-0.1, -0.05) is 0 Å². The Labute approximate surface area is 166 Å². The van der Waals surface area contributed by atoms with Gasteiger partial charge in [0.2, 0.25) is 0 Å². The SMILES string of the molecule is CC(C)N1CCN(C(=O)O[C@H]2CCCC(F)(F)[C@@H]2CC(=O)OC(C)(C)C)CC1. The number of ether oxygens (including phenoxy) is 2. The maximum absolute atomic E-state index is 14.5. The number of rotatable bonds is 4. The van der Waals surface area contributed by atoms with Crippen molar-refractivity contribution in [3.05, 3.63) is 0 Å². The molecule has 0 aromatic rings. The number of hydrogen-bond donors (Lipinski definition) is 0. The molecule has 162 valence electrons. The largest absolute Gasteiger partial charge is 0.460 e. The van der Waals surface area contributed by atoms with Crippen LogP contribution in [-0.4, -0.2) is 71.7 Å². The third-order valence-corrected chi connectivity index (χ3v) is 5.35. The molecule has 0 bridgehead atoms. The molecule has 28 heavy (non-hydrogen) atoms. The van der Waals surface area contributed by atoms with Gasteiger partial charge in [0.1, 0.15) is 11.7 Å². The monoisotopic (exact) mass is 404 g/mol.